The average molecular weight is 426 g/mol. The van der Waals surface area contributed by atoms with E-state index in [-0.39, 0.29) is 22.4 Å². The second-order valence-electron chi connectivity index (χ2n) is 6.67. The molecule has 3 aromatic rings. The summed E-state index contributed by atoms with van der Waals surface area (Å²) >= 11 is 0. The Morgan fingerprint density at radius 2 is 1.79 bits per heavy atom. The molecule has 1 aromatic carbocycles. The Balaban J connectivity index is 1.51. The van der Waals surface area contributed by atoms with Crippen LogP contribution in [-0.2, 0) is 16.2 Å². The van der Waals surface area contributed by atoms with E-state index >= 15 is 0 Å². The third-order valence-electron chi connectivity index (χ3n) is 4.69. The zero-order chi connectivity index (χ0) is 20.6. The lowest BCUT2D eigenvalue weighted by atomic mass is 10.1. The molecule has 0 bridgehead atoms. The smallest absolute Gasteiger partial charge is 0.355 e. The van der Waals surface area contributed by atoms with E-state index in [0.717, 1.165) is 0 Å². The van der Waals surface area contributed by atoms with Gasteiger partial charge in [0.1, 0.15) is 5.52 Å². The Hall–Kier alpha value is -2.73. The van der Waals surface area contributed by atoms with Crippen molar-refractivity contribution in [2.75, 3.05) is 18.0 Å². The molecule has 154 valence electrons. The molecule has 2 N–H and O–H groups in total. The van der Waals surface area contributed by atoms with Crippen molar-refractivity contribution in [3.05, 3.63) is 42.5 Å². The first-order valence-electron chi connectivity index (χ1n) is 8.85. The predicted molar refractivity (Wildman–Crippen MR) is 98.7 cm³/mol. The molecule has 1 aliphatic rings. The van der Waals surface area contributed by atoms with E-state index in [4.69, 9.17) is 0 Å². The number of nitrogens with one attached hydrogen (secondary N) is 2. The lowest BCUT2D eigenvalue weighted by molar-refractivity contribution is -0.144. The van der Waals surface area contributed by atoms with Crippen molar-refractivity contribution in [2.24, 2.45) is 0 Å². The van der Waals surface area contributed by atoms with E-state index in [1.165, 1.54) is 18.5 Å². The number of fused-ring (bicyclic) bond motifs is 1. The molecule has 4 rings (SSSR count). The number of hydrogen-bond donors (Lipinski definition) is 2. The fourth-order valence-corrected chi connectivity index (χ4v) is 4.60. The predicted octanol–water partition coefficient (Wildman–Crippen LogP) is 2.32. The number of aromatic nitrogens is 4. The maximum absolute atomic E-state index is 13.1. The molecule has 0 amide bonds. The van der Waals surface area contributed by atoms with Crippen LogP contribution >= 0.6 is 0 Å². The second-order valence-corrected chi connectivity index (χ2v) is 8.38. The van der Waals surface area contributed by atoms with Gasteiger partial charge in [0.2, 0.25) is 15.8 Å². The van der Waals surface area contributed by atoms with Crippen LogP contribution in [0, 0.1) is 0 Å². The van der Waals surface area contributed by atoms with Crippen LogP contribution in [0.15, 0.2) is 41.6 Å². The molecule has 1 saturated heterocycles. The molecule has 0 aliphatic carbocycles. The molecule has 12 heteroatoms. The summed E-state index contributed by atoms with van der Waals surface area (Å²) in [4.78, 5) is 15.6. The van der Waals surface area contributed by atoms with Gasteiger partial charge in [-0.1, -0.05) is 18.2 Å². The number of piperidine rings is 1. The molecular weight excluding hydrogens is 409 g/mol. The highest BCUT2D eigenvalue weighted by molar-refractivity contribution is 7.89. The Kier molecular flexibility index (Phi) is 4.90. The second kappa shape index (κ2) is 7.26. The summed E-state index contributed by atoms with van der Waals surface area (Å²) in [6, 6.07) is 7.70. The van der Waals surface area contributed by atoms with Gasteiger partial charge in [0.25, 0.3) is 0 Å². The Morgan fingerprint density at radius 3 is 2.45 bits per heavy atom. The van der Waals surface area contributed by atoms with Crippen LogP contribution < -0.4 is 9.62 Å². The van der Waals surface area contributed by atoms with Gasteiger partial charge in [-0.05, 0) is 25.0 Å². The van der Waals surface area contributed by atoms with E-state index < -0.39 is 22.0 Å². The normalized spacial score (nSPS) is 16.4. The Labute approximate surface area is 164 Å². The number of rotatable bonds is 4. The summed E-state index contributed by atoms with van der Waals surface area (Å²) < 4.78 is 67.0. The highest BCUT2D eigenvalue weighted by atomic mass is 32.2. The highest BCUT2D eigenvalue weighted by Crippen LogP contribution is 2.31. The monoisotopic (exact) mass is 426 g/mol. The fraction of sp³-hybridized carbons (Fsp3) is 0.353. The van der Waals surface area contributed by atoms with Crippen LogP contribution in [0.25, 0.3) is 11.2 Å². The standard InChI is InChI=1S/C17H17F3N6O2S/c18-17(19,20)16-23-14-13(21-10-22-14)15(24-16)26-8-6-11(7-9-26)25-29(27,28)12-4-2-1-3-5-12/h1-5,10-11,25H,6-9H2,(H,21,22,23,24). The molecule has 0 spiro atoms. The Morgan fingerprint density at radius 1 is 1.10 bits per heavy atom. The number of aromatic amines is 1. The van der Waals surface area contributed by atoms with Gasteiger partial charge < -0.3 is 9.88 Å². The molecule has 0 unspecified atom stereocenters. The number of alkyl halides is 3. The van der Waals surface area contributed by atoms with Crippen molar-refractivity contribution in [2.45, 2.75) is 30.0 Å². The number of halogens is 3. The van der Waals surface area contributed by atoms with Crippen molar-refractivity contribution in [3.8, 4) is 0 Å². The summed E-state index contributed by atoms with van der Waals surface area (Å²) in [6.07, 6.45) is -2.57. The first kappa shape index (κ1) is 19.6. The quantitative estimate of drug-likeness (QED) is 0.664. The van der Waals surface area contributed by atoms with E-state index in [2.05, 4.69) is 24.7 Å². The van der Waals surface area contributed by atoms with Gasteiger partial charge in [-0.3, -0.25) is 0 Å². The molecule has 0 radical (unpaired) electrons. The highest BCUT2D eigenvalue weighted by Gasteiger charge is 2.37. The molecule has 29 heavy (non-hydrogen) atoms. The van der Waals surface area contributed by atoms with E-state index in [0.29, 0.717) is 31.4 Å². The van der Waals surface area contributed by atoms with Crippen molar-refractivity contribution in [1.29, 1.82) is 0 Å². The minimum Gasteiger partial charge on any atom is -0.355 e. The molecule has 2 aromatic heterocycles. The molecule has 3 heterocycles. The molecule has 1 aliphatic heterocycles. The summed E-state index contributed by atoms with van der Waals surface area (Å²) in [5.41, 5.74) is 0.260. The number of imidazole rings is 1. The maximum Gasteiger partial charge on any atom is 0.451 e. The van der Waals surface area contributed by atoms with Gasteiger partial charge in [-0.2, -0.15) is 13.2 Å². The maximum atomic E-state index is 13.1. The first-order valence-corrected chi connectivity index (χ1v) is 10.3. The lowest BCUT2D eigenvalue weighted by Gasteiger charge is -2.33. The van der Waals surface area contributed by atoms with E-state index in [1.807, 2.05) is 0 Å². The number of nitrogens with zero attached hydrogens (tertiary/aromatic N) is 4. The van der Waals surface area contributed by atoms with Crippen molar-refractivity contribution >= 4 is 27.0 Å². The largest absolute Gasteiger partial charge is 0.451 e. The van der Waals surface area contributed by atoms with E-state index in [9.17, 15) is 21.6 Å². The number of H-pyrrole nitrogens is 1. The van der Waals surface area contributed by atoms with Gasteiger partial charge in [-0.25, -0.2) is 28.1 Å². The topological polar surface area (TPSA) is 104 Å². The molecule has 0 saturated carbocycles. The van der Waals surface area contributed by atoms with Gasteiger partial charge >= 0.3 is 6.18 Å². The van der Waals surface area contributed by atoms with Crippen molar-refractivity contribution in [3.63, 3.8) is 0 Å². The van der Waals surface area contributed by atoms with Crippen LogP contribution in [0.5, 0.6) is 0 Å². The van der Waals surface area contributed by atoms with E-state index in [1.54, 1.807) is 23.1 Å². The van der Waals surface area contributed by atoms with Crippen LogP contribution in [0.4, 0.5) is 19.0 Å². The first-order chi connectivity index (χ1) is 13.7. The van der Waals surface area contributed by atoms with Crippen LogP contribution in [-0.4, -0.2) is 47.5 Å². The third-order valence-corrected chi connectivity index (χ3v) is 6.23. The fourth-order valence-electron chi connectivity index (χ4n) is 3.27. The van der Waals surface area contributed by atoms with Crippen molar-refractivity contribution < 1.29 is 21.6 Å². The van der Waals surface area contributed by atoms with Crippen molar-refractivity contribution in [1.82, 2.24) is 24.7 Å². The summed E-state index contributed by atoms with van der Waals surface area (Å²) in [5, 5.41) is 0. The molecule has 8 nitrogen and oxygen atoms in total. The summed E-state index contributed by atoms with van der Waals surface area (Å²) in [5.74, 6) is -1.14. The minimum atomic E-state index is -4.69. The molecular formula is C17H17F3N6O2S. The number of sulfonamides is 1. The molecule has 1 fully saturated rings. The number of hydrogen-bond acceptors (Lipinski definition) is 6. The molecule has 0 atom stereocenters. The number of anilines is 1. The zero-order valence-corrected chi connectivity index (χ0v) is 15.8. The summed E-state index contributed by atoms with van der Waals surface area (Å²) in [7, 11) is -3.65. The lowest BCUT2D eigenvalue weighted by Crippen LogP contribution is -2.45. The SMILES string of the molecule is O=S(=O)(NC1CCN(c2nc(C(F)(F)F)nc3nc[nH]c23)CC1)c1ccccc1. The van der Waals surface area contributed by atoms with Gasteiger partial charge in [-0.15, -0.1) is 0 Å². The number of benzene rings is 1. The van der Waals surface area contributed by atoms with Gasteiger partial charge in [0.05, 0.1) is 11.2 Å². The van der Waals surface area contributed by atoms with Crippen LogP contribution in [0.3, 0.4) is 0 Å². The Bertz CT molecular complexity index is 1110. The third kappa shape index (κ3) is 4.03. The van der Waals surface area contributed by atoms with Crippen LogP contribution in [0.1, 0.15) is 18.7 Å². The van der Waals surface area contributed by atoms with Crippen LogP contribution in [0.2, 0.25) is 0 Å². The van der Waals surface area contributed by atoms with Gasteiger partial charge in [0, 0.05) is 19.1 Å². The zero-order valence-electron chi connectivity index (χ0n) is 15.0. The summed E-state index contributed by atoms with van der Waals surface area (Å²) in [6.45, 7) is 0.675. The average Bonchev–Trinajstić information content (AvgIpc) is 3.16. The van der Waals surface area contributed by atoms with Gasteiger partial charge in [0.15, 0.2) is 11.5 Å². The minimum absolute atomic E-state index is 0.0609.